The molecule has 1 aliphatic heterocycles. The first-order valence-corrected chi connectivity index (χ1v) is 12.6. The number of hydrogen-bond donors (Lipinski definition) is 0. The van der Waals surface area contributed by atoms with E-state index >= 15 is 0 Å². The number of carbonyl (C=O) groups excluding carboxylic acids is 2. The molecule has 2 aromatic rings. The standard InChI is InChI=1S/C25H32N2O6S/c1-18-13-14-22(21(16-18)32-17-19-10-7-6-8-11-19)34(30,26-24(29)33-25(2,3)4)27-15-9-12-20(27)23(28)31-5/h6-8,10-11,13-14,16,20H,9,12,15,17H2,1-5H3/t20-,34+/m0/s1. The summed E-state index contributed by atoms with van der Waals surface area (Å²) in [6.07, 6.45) is 0.0780. The van der Waals surface area contributed by atoms with E-state index in [1.165, 1.54) is 11.4 Å². The van der Waals surface area contributed by atoms with Gasteiger partial charge in [-0.15, -0.1) is 4.36 Å². The van der Waals surface area contributed by atoms with Crippen molar-refractivity contribution >= 4 is 22.0 Å². The molecule has 3 rings (SSSR count). The average Bonchev–Trinajstić information content (AvgIpc) is 3.27. The molecular weight excluding hydrogens is 456 g/mol. The molecule has 0 unspecified atom stereocenters. The van der Waals surface area contributed by atoms with Gasteiger partial charge in [-0.1, -0.05) is 36.4 Å². The van der Waals surface area contributed by atoms with E-state index in [1.54, 1.807) is 39.0 Å². The third-order valence-electron chi connectivity index (χ3n) is 5.21. The molecule has 8 nitrogen and oxygen atoms in total. The molecule has 34 heavy (non-hydrogen) atoms. The zero-order valence-electron chi connectivity index (χ0n) is 20.3. The summed E-state index contributed by atoms with van der Waals surface area (Å²) in [6.45, 7) is 7.54. The molecule has 1 saturated heterocycles. The molecule has 9 heteroatoms. The van der Waals surface area contributed by atoms with Gasteiger partial charge in [0.2, 0.25) is 0 Å². The summed E-state index contributed by atoms with van der Waals surface area (Å²) in [5.74, 6) is -0.194. The van der Waals surface area contributed by atoms with E-state index in [4.69, 9.17) is 14.2 Å². The van der Waals surface area contributed by atoms with Gasteiger partial charge in [-0.25, -0.2) is 9.00 Å². The minimum Gasteiger partial charge on any atom is -0.488 e. The first-order valence-electron chi connectivity index (χ1n) is 11.2. The van der Waals surface area contributed by atoms with Gasteiger partial charge >= 0.3 is 12.1 Å². The summed E-state index contributed by atoms with van der Waals surface area (Å²) >= 11 is 0. The lowest BCUT2D eigenvalue weighted by molar-refractivity contribution is -0.144. The third-order valence-corrected chi connectivity index (χ3v) is 7.59. The molecule has 0 aliphatic carbocycles. The molecule has 184 valence electrons. The van der Waals surface area contributed by atoms with E-state index in [1.807, 2.05) is 37.3 Å². The number of carbonyl (C=O) groups is 2. The summed E-state index contributed by atoms with van der Waals surface area (Å²) < 4.78 is 36.5. The van der Waals surface area contributed by atoms with E-state index in [0.717, 1.165) is 11.1 Å². The van der Waals surface area contributed by atoms with Crippen molar-refractivity contribution in [1.82, 2.24) is 4.31 Å². The fourth-order valence-electron chi connectivity index (χ4n) is 3.70. The number of amides is 1. The number of nitrogens with zero attached hydrogens (tertiary/aromatic N) is 2. The maximum absolute atomic E-state index is 14.6. The van der Waals surface area contributed by atoms with Crippen LogP contribution in [-0.4, -0.2) is 45.9 Å². The van der Waals surface area contributed by atoms with Crippen LogP contribution in [0.5, 0.6) is 5.75 Å². The highest BCUT2D eigenvalue weighted by molar-refractivity contribution is 7.91. The van der Waals surface area contributed by atoms with Crippen LogP contribution < -0.4 is 4.74 Å². The second-order valence-corrected chi connectivity index (χ2v) is 11.2. The second kappa shape index (κ2) is 10.6. The molecule has 2 aromatic carbocycles. The lowest BCUT2D eigenvalue weighted by Gasteiger charge is -2.27. The quantitative estimate of drug-likeness (QED) is 0.538. The molecule has 0 bridgehead atoms. The highest BCUT2D eigenvalue weighted by Gasteiger charge is 2.41. The molecule has 0 aromatic heterocycles. The number of hydrogen-bond acceptors (Lipinski definition) is 6. The zero-order chi connectivity index (χ0) is 24.9. The van der Waals surface area contributed by atoms with Crippen LogP contribution in [0, 0.1) is 6.92 Å². The van der Waals surface area contributed by atoms with Gasteiger partial charge in [-0.05, 0) is 63.8 Å². The van der Waals surface area contributed by atoms with E-state index in [0.29, 0.717) is 25.1 Å². The van der Waals surface area contributed by atoms with E-state index in [-0.39, 0.29) is 11.5 Å². The summed E-state index contributed by atoms with van der Waals surface area (Å²) in [5.41, 5.74) is 0.990. The molecule has 1 amide bonds. The fraction of sp³-hybridized carbons (Fsp3) is 0.440. The van der Waals surface area contributed by atoms with Crippen molar-refractivity contribution in [3.63, 3.8) is 0 Å². The topological polar surface area (TPSA) is 94.5 Å². The number of rotatable bonds is 6. The van der Waals surface area contributed by atoms with Crippen LogP contribution in [-0.2, 0) is 30.8 Å². The van der Waals surface area contributed by atoms with Crippen LogP contribution in [0.4, 0.5) is 4.79 Å². The fourth-order valence-corrected chi connectivity index (χ4v) is 5.93. The Balaban J connectivity index is 2.12. The number of aryl methyl sites for hydroxylation is 1. The normalized spacial score (nSPS) is 18.1. The van der Waals surface area contributed by atoms with Crippen molar-refractivity contribution in [1.29, 1.82) is 0 Å². The van der Waals surface area contributed by atoms with Gasteiger partial charge in [0.25, 0.3) is 0 Å². The van der Waals surface area contributed by atoms with Crippen LogP contribution in [0.2, 0.25) is 0 Å². The van der Waals surface area contributed by atoms with Gasteiger partial charge in [0, 0.05) is 6.54 Å². The number of ether oxygens (including phenoxy) is 3. The van der Waals surface area contributed by atoms with Crippen LogP contribution in [0.3, 0.4) is 0 Å². The molecule has 0 saturated carbocycles. The van der Waals surface area contributed by atoms with Gasteiger partial charge in [0.15, 0.2) is 9.92 Å². The minimum atomic E-state index is -3.62. The number of esters is 1. The third kappa shape index (κ3) is 6.15. The Labute approximate surface area is 201 Å². The van der Waals surface area contributed by atoms with Gasteiger partial charge in [-0.2, -0.15) is 4.31 Å². The van der Waals surface area contributed by atoms with Gasteiger partial charge in [0.05, 0.1) is 7.11 Å². The Bertz CT molecular complexity index is 1150. The van der Waals surface area contributed by atoms with Crippen molar-refractivity contribution in [2.75, 3.05) is 13.7 Å². The van der Waals surface area contributed by atoms with Crippen LogP contribution in [0.25, 0.3) is 0 Å². The van der Waals surface area contributed by atoms with Gasteiger partial charge in [-0.3, -0.25) is 4.79 Å². The van der Waals surface area contributed by atoms with Crippen LogP contribution in [0.1, 0.15) is 44.7 Å². The van der Waals surface area contributed by atoms with Crippen molar-refractivity contribution in [3.05, 3.63) is 59.7 Å². The molecule has 0 radical (unpaired) electrons. The smallest absolute Gasteiger partial charge is 0.443 e. The van der Waals surface area contributed by atoms with Crippen LogP contribution >= 0.6 is 0 Å². The second-order valence-electron chi connectivity index (χ2n) is 9.11. The van der Waals surface area contributed by atoms with Crippen LogP contribution in [0.15, 0.2) is 57.8 Å². The van der Waals surface area contributed by atoms with Crippen molar-refractivity contribution in [2.45, 2.75) is 63.7 Å². The highest BCUT2D eigenvalue weighted by Crippen LogP contribution is 2.35. The molecule has 1 aliphatic rings. The molecule has 0 N–H and O–H groups in total. The lowest BCUT2D eigenvalue weighted by atomic mass is 10.2. The van der Waals surface area contributed by atoms with Gasteiger partial charge < -0.3 is 14.2 Å². The Kier molecular flexibility index (Phi) is 7.99. The minimum absolute atomic E-state index is 0.218. The highest BCUT2D eigenvalue weighted by atomic mass is 32.2. The predicted octanol–water partition coefficient (Wildman–Crippen LogP) is 4.89. The zero-order valence-corrected chi connectivity index (χ0v) is 21.1. The maximum Gasteiger partial charge on any atom is 0.443 e. The van der Waals surface area contributed by atoms with E-state index in [9.17, 15) is 13.8 Å². The van der Waals surface area contributed by atoms with E-state index < -0.39 is 33.6 Å². The Morgan fingerprint density at radius 1 is 1.15 bits per heavy atom. The molecule has 1 fully saturated rings. The monoisotopic (exact) mass is 488 g/mol. The summed E-state index contributed by atoms with van der Waals surface area (Å²) in [5, 5.41) is 0. The molecular formula is C25H32N2O6S. The summed E-state index contributed by atoms with van der Waals surface area (Å²) in [6, 6.07) is 13.9. The van der Waals surface area contributed by atoms with Gasteiger partial charge in [0.1, 0.15) is 28.9 Å². The average molecular weight is 489 g/mol. The predicted molar refractivity (Wildman–Crippen MR) is 129 cm³/mol. The Morgan fingerprint density at radius 3 is 2.50 bits per heavy atom. The Hall–Kier alpha value is -2.91. The number of benzene rings is 2. The lowest BCUT2D eigenvalue weighted by Crippen LogP contribution is -2.41. The SMILES string of the molecule is COC(=O)[C@@H]1CCCN1[S@](=O)(=NC(=O)OC(C)(C)C)c1ccc(C)cc1OCc1ccccc1. The Morgan fingerprint density at radius 2 is 1.85 bits per heavy atom. The van der Waals surface area contributed by atoms with Crippen molar-refractivity contribution < 1.29 is 28.0 Å². The van der Waals surface area contributed by atoms with Crippen molar-refractivity contribution in [3.8, 4) is 5.75 Å². The first-order chi connectivity index (χ1) is 16.0. The molecule has 1 heterocycles. The largest absolute Gasteiger partial charge is 0.488 e. The summed E-state index contributed by atoms with van der Waals surface area (Å²) in [7, 11) is -2.33. The molecule has 2 atom stereocenters. The first kappa shape index (κ1) is 25.7. The van der Waals surface area contributed by atoms with Crippen molar-refractivity contribution in [2.24, 2.45) is 4.36 Å². The summed E-state index contributed by atoms with van der Waals surface area (Å²) in [4.78, 5) is 25.5. The maximum atomic E-state index is 14.6. The van der Waals surface area contributed by atoms with E-state index in [2.05, 4.69) is 4.36 Å². The molecule has 0 spiro atoms. The number of methoxy groups -OCH3 is 1.